The molecule has 0 saturated heterocycles. The van der Waals surface area contributed by atoms with Crippen LogP contribution in [0.15, 0.2) is 16.5 Å². The average molecular weight is 314 g/mol. The maximum atomic E-state index is 12.0. The Morgan fingerprint density at radius 2 is 1.95 bits per heavy atom. The van der Waals surface area contributed by atoms with Gasteiger partial charge in [0.25, 0.3) is 5.91 Å². The van der Waals surface area contributed by atoms with Gasteiger partial charge in [0, 0.05) is 5.56 Å². The summed E-state index contributed by atoms with van der Waals surface area (Å²) in [5, 5.41) is 3.16. The molecule has 0 aliphatic rings. The van der Waals surface area contributed by atoms with Gasteiger partial charge < -0.3 is 15.5 Å². The van der Waals surface area contributed by atoms with Gasteiger partial charge in [-0.1, -0.05) is 23.2 Å². The number of nitrogen functional groups attached to an aromatic ring is 1. The molecule has 1 heterocycles. The zero-order chi connectivity index (χ0) is 14.9. The van der Waals surface area contributed by atoms with Crippen LogP contribution in [0.25, 0.3) is 0 Å². The SMILES string of the molecule is Cc1nc(CNC(=O)c2cc(Cl)c(N)c(Cl)c2)oc1C. The first-order valence-corrected chi connectivity index (χ1v) is 6.59. The molecule has 0 aliphatic heterocycles. The predicted octanol–water partition coefficient (Wildman–Crippen LogP) is 3.11. The Kier molecular flexibility index (Phi) is 4.20. The van der Waals surface area contributed by atoms with Gasteiger partial charge in [0.15, 0.2) is 0 Å². The van der Waals surface area contributed by atoms with Gasteiger partial charge in [-0.25, -0.2) is 4.98 Å². The Balaban J connectivity index is 2.09. The highest BCUT2D eigenvalue weighted by molar-refractivity contribution is 6.39. The van der Waals surface area contributed by atoms with E-state index in [0.29, 0.717) is 11.5 Å². The van der Waals surface area contributed by atoms with Crippen LogP contribution in [0.1, 0.15) is 27.7 Å². The fourth-order valence-electron chi connectivity index (χ4n) is 1.59. The number of carbonyl (C=O) groups excluding carboxylic acids is 1. The molecule has 2 rings (SSSR count). The summed E-state index contributed by atoms with van der Waals surface area (Å²) < 4.78 is 5.37. The largest absolute Gasteiger partial charge is 0.444 e. The van der Waals surface area contributed by atoms with Gasteiger partial charge >= 0.3 is 0 Å². The third-order valence-corrected chi connectivity index (χ3v) is 3.44. The summed E-state index contributed by atoms with van der Waals surface area (Å²) in [5.74, 6) is 0.844. The lowest BCUT2D eigenvalue weighted by molar-refractivity contribution is 0.0947. The topological polar surface area (TPSA) is 81.2 Å². The normalized spacial score (nSPS) is 10.6. The third-order valence-electron chi connectivity index (χ3n) is 2.81. The maximum Gasteiger partial charge on any atom is 0.251 e. The number of amides is 1. The van der Waals surface area contributed by atoms with Crippen molar-refractivity contribution in [2.75, 3.05) is 5.73 Å². The zero-order valence-electron chi connectivity index (χ0n) is 11.0. The number of anilines is 1. The van der Waals surface area contributed by atoms with Gasteiger partial charge in [0.05, 0.1) is 28.0 Å². The molecule has 3 N–H and O–H groups in total. The van der Waals surface area contributed by atoms with Gasteiger partial charge in [-0.3, -0.25) is 4.79 Å². The highest BCUT2D eigenvalue weighted by Crippen LogP contribution is 2.28. The summed E-state index contributed by atoms with van der Waals surface area (Å²) in [5.41, 5.74) is 7.00. The lowest BCUT2D eigenvalue weighted by atomic mass is 10.2. The molecule has 0 bridgehead atoms. The minimum atomic E-state index is -0.331. The second kappa shape index (κ2) is 5.73. The molecule has 5 nitrogen and oxygen atoms in total. The Labute approximate surface area is 126 Å². The molecule has 0 fully saturated rings. The summed E-state index contributed by atoms with van der Waals surface area (Å²) in [6.07, 6.45) is 0. The van der Waals surface area contributed by atoms with E-state index in [-0.39, 0.29) is 28.2 Å². The van der Waals surface area contributed by atoms with E-state index < -0.39 is 0 Å². The highest BCUT2D eigenvalue weighted by Gasteiger charge is 2.12. The maximum absolute atomic E-state index is 12.0. The fourth-order valence-corrected chi connectivity index (χ4v) is 2.08. The van der Waals surface area contributed by atoms with Crippen LogP contribution in [0.2, 0.25) is 10.0 Å². The van der Waals surface area contributed by atoms with E-state index in [1.807, 2.05) is 13.8 Å². The zero-order valence-corrected chi connectivity index (χ0v) is 12.5. The number of hydrogen-bond acceptors (Lipinski definition) is 4. The number of carbonyl (C=O) groups is 1. The molecule has 1 amide bonds. The number of nitrogens with one attached hydrogen (secondary N) is 1. The Bertz CT molecular complexity index is 625. The van der Waals surface area contributed by atoms with E-state index in [1.54, 1.807) is 0 Å². The van der Waals surface area contributed by atoms with Crippen molar-refractivity contribution in [3.8, 4) is 0 Å². The molecule has 20 heavy (non-hydrogen) atoms. The van der Waals surface area contributed by atoms with Gasteiger partial charge in [-0.15, -0.1) is 0 Å². The molecule has 0 aliphatic carbocycles. The van der Waals surface area contributed by atoms with Gasteiger partial charge in [-0.05, 0) is 26.0 Å². The number of aryl methyl sites for hydroxylation is 2. The first kappa shape index (κ1) is 14.7. The number of halogens is 2. The molecule has 0 radical (unpaired) electrons. The van der Waals surface area contributed by atoms with Crippen molar-refractivity contribution < 1.29 is 9.21 Å². The number of hydrogen-bond donors (Lipinski definition) is 2. The van der Waals surface area contributed by atoms with E-state index in [0.717, 1.165) is 11.5 Å². The van der Waals surface area contributed by atoms with Crippen LogP contribution in [0.4, 0.5) is 5.69 Å². The standard InChI is InChI=1S/C13H13Cl2N3O2/c1-6-7(2)20-11(18-6)5-17-13(19)8-3-9(14)12(16)10(15)4-8/h3-4H,5,16H2,1-2H3,(H,17,19). The first-order chi connectivity index (χ1) is 9.38. The van der Waals surface area contributed by atoms with Crippen LogP contribution >= 0.6 is 23.2 Å². The van der Waals surface area contributed by atoms with Crippen molar-refractivity contribution >= 4 is 34.8 Å². The van der Waals surface area contributed by atoms with Crippen molar-refractivity contribution in [3.63, 3.8) is 0 Å². The van der Waals surface area contributed by atoms with Crippen molar-refractivity contribution in [1.29, 1.82) is 0 Å². The Morgan fingerprint density at radius 1 is 1.35 bits per heavy atom. The molecular weight excluding hydrogens is 301 g/mol. The number of benzene rings is 1. The number of rotatable bonds is 3. The van der Waals surface area contributed by atoms with Crippen LogP contribution in [-0.4, -0.2) is 10.9 Å². The molecule has 2 aromatic rings. The molecule has 1 aromatic heterocycles. The van der Waals surface area contributed by atoms with E-state index >= 15 is 0 Å². The first-order valence-electron chi connectivity index (χ1n) is 5.84. The van der Waals surface area contributed by atoms with Crippen molar-refractivity contribution in [1.82, 2.24) is 10.3 Å². The second-order valence-corrected chi connectivity index (χ2v) is 5.10. The molecule has 0 unspecified atom stereocenters. The van der Waals surface area contributed by atoms with E-state index in [2.05, 4.69) is 10.3 Å². The van der Waals surface area contributed by atoms with Crippen molar-refractivity contribution in [2.45, 2.75) is 20.4 Å². The average Bonchev–Trinajstić information content (AvgIpc) is 2.72. The fraction of sp³-hybridized carbons (Fsp3) is 0.231. The number of nitrogens with two attached hydrogens (primary N) is 1. The lowest BCUT2D eigenvalue weighted by Gasteiger charge is -2.06. The molecule has 1 aromatic carbocycles. The molecule has 106 valence electrons. The molecular formula is C13H13Cl2N3O2. The van der Waals surface area contributed by atoms with Crippen molar-refractivity contribution in [2.24, 2.45) is 0 Å². The summed E-state index contributed by atoms with van der Waals surface area (Å²) in [7, 11) is 0. The minimum absolute atomic E-state index is 0.188. The smallest absolute Gasteiger partial charge is 0.251 e. The van der Waals surface area contributed by atoms with E-state index in [9.17, 15) is 4.79 Å². The predicted molar refractivity (Wildman–Crippen MR) is 78.0 cm³/mol. The number of aromatic nitrogens is 1. The minimum Gasteiger partial charge on any atom is -0.444 e. The molecule has 0 atom stereocenters. The Hall–Kier alpha value is -1.72. The van der Waals surface area contributed by atoms with Gasteiger partial charge in [-0.2, -0.15) is 0 Å². The summed E-state index contributed by atoms with van der Waals surface area (Å²) in [6.45, 7) is 3.84. The highest BCUT2D eigenvalue weighted by atomic mass is 35.5. The lowest BCUT2D eigenvalue weighted by Crippen LogP contribution is -2.23. The van der Waals surface area contributed by atoms with Crippen LogP contribution in [0.5, 0.6) is 0 Å². The summed E-state index contributed by atoms with van der Waals surface area (Å²) in [6, 6.07) is 2.92. The van der Waals surface area contributed by atoms with Crippen LogP contribution in [0.3, 0.4) is 0 Å². The number of oxazole rings is 1. The summed E-state index contributed by atoms with van der Waals surface area (Å²) in [4.78, 5) is 16.2. The monoisotopic (exact) mass is 313 g/mol. The van der Waals surface area contributed by atoms with E-state index in [1.165, 1.54) is 12.1 Å². The molecule has 7 heteroatoms. The van der Waals surface area contributed by atoms with Crippen LogP contribution in [0, 0.1) is 13.8 Å². The molecule has 0 saturated carbocycles. The van der Waals surface area contributed by atoms with Gasteiger partial charge in [0.2, 0.25) is 5.89 Å². The summed E-state index contributed by atoms with van der Waals surface area (Å²) >= 11 is 11.8. The Morgan fingerprint density at radius 3 is 2.45 bits per heavy atom. The van der Waals surface area contributed by atoms with E-state index in [4.69, 9.17) is 33.4 Å². The molecule has 0 spiro atoms. The third kappa shape index (κ3) is 3.05. The second-order valence-electron chi connectivity index (χ2n) is 4.29. The quantitative estimate of drug-likeness (QED) is 0.853. The number of nitrogens with zero attached hydrogens (tertiary/aromatic N) is 1. The van der Waals surface area contributed by atoms with Crippen molar-refractivity contribution in [3.05, 3.63) is 45.1 Å². The van der Waals surface area contributed by atoms with Gasteiger partial charge in [0.1, 0.15) is 5.76 Å². The van der Waals surface area contributed by atoms with Crippen LogP contribution in [-0.2, 0) is 6.54 Å². The van der Waals surface area contributed by atoms with Crippen LogP contribution < -0.4 is 11.1 Å².